The summed E-state index contributed by atoms with van der Waals surface area (Å²) in [5, 5.41) is 18.0. The Morgan fingerprint density at radius 2 is 1.67 bits per heavy atom. The first-order valence-electron chi connectivity index (χ1n) is 11.0. The maximum atomic E-state index is 11.6. The third-order valence-electron chi connectivity index (χ3n) is 6.35. The number of aromatic carboxylic acids is 1. The van der Waals surface area contributed by atoms with Crippen LogP contribution in [0.3, 0.4) is 0 Å². The molecule has 0 atom stereocenters. The lowest BCUT2D eigenvalue weighted by molar-refractivity contribution is 0.0697. The number of hydrogen-bond donors (Lipinski definition) is 1. The van der Waals surface area contributed by atoms with E-state index in [0.717, 1.165) is 46.4 Å². The normalized spacial score (nSPS) is 14.6. The first kappa shape index (κ1) is 22.2. The van der Waals surface area contributed by atoms with Gasteiger partial charge in [0.2, 0.25) is 0 Å². The number of benzene rings is 2. The summed E-state index contributed by atoms with van der Waals surface area (Å²) in [6.45, 7) is 0.653. The summed E-state index contributed by atoms with van der Waals surface area (Å²) in [5.41, 5.74) is 4.78. The molecule has 0 saturated heterocycles. The highest BCUT2D eigenvalue weighted by Crippen LogP contribution is 2.37. The lowest BCUT2D eigenvalue weighted by Gasteiger charge is -2.22. The Morgan fingerprint density at radius 3 is 2.39 bits per heavy atom. The molecule has 0 bridgehead atoms. The molecule has 0 spiro atoms. The van der Waals surface area contributed by atoms with Crippen LogP contribution in [-0.2, 0) is 6.54 Å². The van der Waals surface area contributed by atoms with Crippen LogP contribution in [-0.4, -0.2) is 30.8 Å². The van der Waals surface area contributed by atoms with Crippen molar-refractivity contribution in [2.45, 2.75) is 44.6 Å². The van der Waals surface area contributed by atoms with Crippen LogP contribution in [0.1, 0.15) is 59.8 Å². The molecule has 4 aromatic rings. The van der Waals surface area contributed by atoms with Crippen LogP contribution >= 0.6 is 31.9 Å². The van der Waals surface area contributed by atoms with Crippen molar-refractivity contribution in [3.05, 3.63) is 74.7 Å². The lowest BCUT2D eigenvalue weighted by atomic mass is 9.88. The second-order valence-electron chi connectivity index (χ2n) is 8.42. The maximum absolute atomic E-state index is 11.6. The molecule has 2 aromatic carbocycles. The molecule has 0 aliphatic heterocycles. The number of hydrogen-bond acceptors (Lipinski definition) is 4. The highest BCUT2D eigenvalue weighted by molar-refractivity contribution is 9.11. The van der Waals surface area contributed by atoms with E-state index in [0.29, 0.717) is 27.2 Å². The fourth-order valence-electron chi connectivity index (χ4n) is 4.73. The second kappa shape index (κ2) is 9.35. The van der Waals surface area contributed by atoms with E-state index in [9.17, 15) is 9.90 Å². The van der Waals surface area contributed by atoms with Crippen molar-refractivity contribution in [3.8, 4) is 11.1 Å². The Labute approximate surface area is 208 Å². The molecule has 1 aliphatic rings. The molecule has 5 rings (SSSR count). The van der Waals surface area contributed by atoms with Crippen LogP contribution in [0.4, 0.5) is 0 Å². The number of carboxylic acids is 1. The number of fused-ring (bicyclic) bond motifs is 1. The zero-order valence-corrected chi connectivity index (χ0v) is 21.0. The molecule has 1 N–H and O–H groups in total. The first-order valence-corrected chi connectivity index (χ1v) is 12.6. The van der Waals surface area contributed by atoms with Crippen LogP contribution in [0, 0.1) is 0 Å². The largest absolute Gasteiger partial charge is 0.478 e. The van der Waals surface area contributed by atoms with E-state index in [1.807, 2.05) is 24.3 Å². The molecule has 1 saturated carbocycles. The smallest absolute Gasteiger partial charge is 0.336 e. The van der Waals surface area contributed by atoms with E-state index >= 15 is 0 Å². The molecule has 33 heavy (non-hydrogen) atoms. The Morgan fingerprint density at radius 1 is 0.970 bits per heavy atom. The SMILES string of the molecule is O=C(O)c1ccccc1-c1ccc(Cn2c(C3CCCCC3)nc3c(Br)nnc(Br)c32)cc1. The first-order chi connectivity index (χ1) is 16.0. The molecular weight excluding hydrogens is 548 g/mol. The zero-order valence-electron chi connectivity index (χ0n) is 17.8. The Bertz CT molecular complexity index is 1330. The molecule has 8 heteroatoms. The zero-order chi connectivity index (χ0) is 22.9. The highest BCUT2D eigenvalue weighted by Gasteiger charge is 2.25. The number of aromatic nitrogens is 4. The summed E-state index contributed by atoms with van der Waals surface area (Å²) < 4.78 is 3.59. The van der Waals surface area contributed by atoms with Crippen molar-refractivity contribution in [1.29, 1.82) is 0 Å². The van der Waals surface area contributed by atoms with Crippen molar-refractivity contribution in [2.24, 2.45) is 0 Å². The van der Waals surface area contributed by atoms with E-state index in [4.69, 9.17) is 4.98 Å². The summed E-state index contributed by atoms with van der Waals surface area (Å²) in [6.07, 6.45) is 6.02. The molecular formula is C25H22Br2N4O2. The summed E-state index contributed by atoms with van der Waals surface area (Å²) in [5.74, 6) is 0.584. The van der Waals surface area contributed by atoms with Crippen LogP contribution in [0.2, 0.25) is 0 Å². The van der Waals surface area contributed by atoms with Gasteiger partial charge in [-0.25, -0.2) is 9.78 Å². The van der Waals surface area contributed by atoms with Crippen LogP contribution in [0.5, 0.6) is 0 Å². The van der Waals surface area contributed by atoms with E-state index < -0.39 is 5.97 Å². The van der Waals surface area contributed by atoms with Crippen molar-refractivity contribution in [3.63, 3.8) is 0 Å². The molecule has 1 fully saturated rings. The van der Waals surface area contributed by atoms with Gasteiger partial charge in [0.25, 0.3) is 0 Å². The fourth-order valence-corrected chi connectivity index (χ4v) is 5.57. The van der Waals surface area contributed by atoms with Crippen molar-refractivity contribution in [2.75, 3.05) is 0 Å². The monoisotopic (exact) mass is 568 g/mol. The second-order valence-corrected chi connectivity index (χ2v) is 9.92. The van der Waals surface area contributed by atoms with Gasteiger partial charge in [-0.05, 0) is 67.5 Å². The van der Waals surface area contributed by atoms with Gasteiger partial charge in [-0.3, -0.25) is 0 Å². The third-order valence-corrected chi connectivity index (χ3v) is 7.42. The van der Waals surface area contributed by atoms with Gasteiger partial charge in [0, 0.05) is 12.5 Å². The fraction of sp³-hybridized carbons (Fsp3) is 0.280. The van der Waals surface area contributed by atoms with Gasteiger partial charge in [0.1, 0.15) is 16.9 Å². The minimum absolute atomic E-state index is 0.304. The topological polar surface area (TPSA) is 80.9 Å². The average Bonchev–Trinajstić information content (AvgIpc) is 3.23. The minimum atomic E-state index is -0.923. The van der Waals surface area contributed by atoms with Gasteiger partial charge in [0.15, 0.2) is 9.21 Å². The van der Waals surface area contributed by atoms with Crippen LogP contribution in [0.25, 0.3) is 22.2 Å². The number of carbonyl (C=O) groups is 1. The van der Waals surface area contributed by atoms with Crippen molar-refractivity contribution < 1.29 is 9.90 Å². The number of carboxylic acid groups (broad SMARTS) is 1. The summed E-state index contributed by atoms with van der Waals surface area (Å²) in [4.78, 5) is 16.6. The van der Waals surface area contributed by atoms with Crippen LogP contribution < -0.4 is 0 Å². The quantitative estimate of drug-likeness (QED) is 0.285. The van der Waals surface area contributed by atoms with E-state index in [1.54, 1.807) is 12.1 Å². The van der Waals surface area contributed by atoms with Gasteiger partial charge >= 0.3 is 5.97 Å². The number of imidazole rings is 1. The minimum Gasteiger partial charge on any atom is -0.478 e. The predicted octanol–water partition coefficient (Wildman–Crippen LogP) is 6.81. The molecule has 1 aliphatic carbocycles. The summed E-state index contributed by atoms with van der Waals surface area (Å²) in [7, 11) is 0. The van der Waals surface area contributed by atoms with Gasteiger partial charge in [-0.2, -0.15) is 0 Å². The molecule has 6 nitrogen and oxygen atoms in total. The highest BCUT2D eigenvalue weighted by atomic mass is 79.9. The molecule has 0 amide bonds. The van der Waals surface area contributed by atoms with E-state index in [2.05, 4.69) is 58.8 Å². The lowest BCUT2D eigenvalue weighted by Crippen LogP contribution is -2.13. The molecule has 0 unspecified atom stereocenters. The molecule has 2 aromatic heterocycles. The Hall–Kier alpha value is -2.58. The maximum Gasteiger partial charge on any atom is 0.336 e. The molecule has 168 valence electrons. The summed E-state index contributed by atoms with van der Waals surface area (Å²) >= 11 is 7.11. The van der Waals surface area contributed by atoms with Crippen molar-refractivity contribution >= 4 is 48.9 Å². The third kappa shape index (κ3) is 4.34. The van der Waals surface area contributed by atoms with Gasteiger partial charge < -0.3 is 9.67 Å². The standard InChI is InChI=1S/C25H22Br2N4O2/c26-22-20-21(23(27)30-29-22)31(24(28-20)17-6-2-1-3-7-17)14-15-10-12-16(13-11-15)18-8-4-5-9-19(18)25(32)33/h4-5,8-13,17H,1-3,6-7,14H2,(H,32,33). The predicted molar refractivity (Wildman–Crippen MR) is 134 cm³/mol. The van der Waals surface area contributed by atoms with E-state index in [1.165, 1.54) is 19.3 Å². The average molecular weight is 570 g/mol. The number of rotatable bonds is 5. The molecule has 0 radical (unpaired) electrons. The summed E-state index contributed by atoms with van der Waals surface area (Å²) in [6, 6.07) is 15.2. The van der Waals surface area contributed by atoms with Crippen molar-refractivity contribution in [1.82, 2.24) is 19.7 Å². The van der Waals surface area contributed by atoms with Gasteiger partial charge in [-0.1, -0.05) is 61.7 Å². The van der Waals surface area contributed by atoms with E-state index in [-0.39, 0.29) is 0 Å². The van der Waals surface area contributed by atoms with Gasteiger partial charge in [-0.15, -0.1) is 10.2 Å². The Balaban J connectivity index is 1.54. The Kier molecular flexibility index (Phi) is 6.29. The molecule has 2 heterocycles. The number of halogens is 2. The van der Waals surface area contributed by atoms with Crippen LogP contribution in [0.15, 0.2) is 57.7 Å². The number of nitrogens with zero attached hydrogens (tertiary/aromatic N) is 4. The van der Waals surface area contributed by atoms with Gasteiger partial charge in [0.05, 0.1) is 5.56 Å².